The molecular weight excluding hydrogens is 296 g/mol. The van der Waals surface area contributed by atoms with Crippen molar-refractivity contribution < 1.29 is 0 Å². The lowest BCUT2D eigenvalue weighted by Crippen LogP contribution is -2.52. The summed E-state index contributed by atoms with van der Waals surface area (Å²) < 4.78 is 0. The Morgan fingerprint density at radius 1 is 1.04 bits per heavy atom. The largest absolute Gasteiger partial charge is 0.355 e. The highest BCUT2D eigenvalue weighted by molar-refractivity contribution is 5.42. The molecule has 0 aliphatic carbocycles. The molecule has 0 amide bonds. The minimum Gasteiger partial charge on any atom is -0.355 e. The number of aryl methyl sites for hydroxylation is 1. The van der Waals surface area contributed by atoms with E-state index in [9.17, 15) is 0 Å². The van der Waals surface area contributed by atoms with E-state index >= 15 is 0 Å². The highest BCUT2D eigenvalue weighted by atomic mass is 15.3. The van der Waals surface area contributed by atoms with Gasteiger partial charge in [0.25, 0.3) is 0 Å². The maximum Gasteiger partial charge on any atom is 0.151 e. The van der Waals surface area contributed by atoms with Crippen molar-refractivity contribution in [1.29, 1.82) is 0 Å². The van der Waals surface area contributed by atoms with Crippen LogP contribution in [0.2, 0.25) is 0 Å². The number of fused-ring (bicyclic) bond motifs is 2. The van der Waals surface area contributed by atoms with E-state index in [4.69, 9.17) is 0 Å². The van der Waals surface area contributed by atoms with Gasteiger partial charge in [-0.1, -0.05) is 31.2 Å². The lowest BCUT2D eigenvalue weighted by molar-refractivity contribution is 0.159. The van der Waals surface area contributed by atoms with Crippen molar-refractivity contribution in [3.8, 4) is 0 Å². The van der Waals surface area contributed by atoms with Gasteiger partial charge in [0.1, 0.15) is 0 Å². The van der Waals surface area contributed by atoms with E-state index < -0.39 is 0 Å². The predicted octanol–water partition coefficient (Wildman–Crippen LogP) is 3.16. The quantitative estimate of drug-likeness (QED) is 0.850. The zero-order valence-corrected chi connectivity index (χ0v) is 14.7. The van der Waals surface area contributed by atoms with E-state index in [2.05, 4.69) is 63.3 Å². The molecule has 4 nitrogen and oxygen atoms in total. The van der Waals surface area contributed by atoms with Crippen molar-refractivity contribution in [1.82, 2.24) is 15.1 Å². The van der Waals surface area contributed by atoms with Crippen molar-refractivity contribution >= 4 is 5.82 Å². The minimum atomic E-state index is 0.305. The average molecular weight is 322 g/mol. The summed E-state index contributed by atoms with van der Waals surface area (Å²) in [6.07, 6.45) is 2.38. The van der Waals surface area contributed by atoms with Crippen molar-refractivity contribution in [3.05, 3.63) is 53.2 Å². The fraction of sp³-hybridized carbons (Fsp3) is 0.500. The van der Waals surface area contributed by atoms with Gasteiger partial charge in [-0.3, -0.25) is 4.90 Å². The van der Waals surface area contributed by atoms with Crippen LogP contribution >= 0.6 is 0 Å². The Morgan fingerprint density at radius 2 is 1.83 bits per heavy atom. The van der Waals surface area contributed by atoms with Crippen LogP contribution in [0.25, 0.3) is 0 Å². The maximum atomic E-state index is 4.38. The molecule has 2 aliphatic heterocycles. The second kappa shape index (κ2) is 6.17. The summed E-state index contributed by atoms with van der Waals surface area (Å²) in [6.45, 7) is 9.80. The fourth-order valence-corrected chi connectivity index (χ4v) is 4.36. The Balaban J connectivity index is 1.58. The summed E-state index contributed by atoms with van der Waals surface area (Å²) in [5.41, 5.74) is 4.39. The van der Waals surface area contributed by atoms with Crippen LogP contribution in [0.15, 0.2) is 36.4 Å². The standard InChI is InChI=1S/C20H26N4/c1-3-23-14-17-6-4-5-7-18(17)20(15-23)10-12-24(13-11-20)19-9-8-16(2)21-22-19/h4-9H,3,10-15H2,1-2H3. The summed E-state index contributed by atoms with van der Waals surface area (Å²) in [4.78, 5) is 4.99. The minimum absolute atomic E-state index is 0.305. The molecule has 1 spiro atoms. The molecule has 24 heavy (non-hydrogen) atoms. The number of rotatable bonds is 2. The zero-order valence-electron chi connectivity index (χ0n) is 14.7. The van der Waals surface area contributed by atoms with Crippen molar-refractivity contribution in [2.75, 3.05) is 31.1 Å². The first-order valence-electron chi connectivity index (χ1n) is 9.06. The summed E-state index contributed by atoms with van der Waals surface area (Å²) in [5, 5.41) is 8.60. The predicted molar refractivity (Wildman–Crippen MR) is 97.3 cm³/mol. The molecule has 1 fully saturated rings. The number of nitrogens with zero attached hydrogens (tertiary/aromatic N) is 4. The molecule has 0 bridgehead atoms. The molecule has 4 heteroatoms. The Bertz CT molecular complexity index is 702. The molecule has 1 aromatic heterocycles. The van der Waals surface area contributed by atoms with Crippen LogP contribution in [-0.2, 0) is 12.0 Å². The van der Waals surface area contributed by atoms with Crippen LogP contribution in [-0.4, -0.2) is 41.3 Å². The molecule has 0 N–H and O–H groups in total. The summed E-state index contributed by atoms with van der Waals surface area (Å²) in [6, 6.07) is 13.2. The SMILES string of the molecule is CCN1Cc2ccccc2C2(CCN(c3ccc(C)nn3)CC2)C1. The number of hydrogen-bond acceptors (Lipinski definition) is 4. The molecular formula is C20H26N4. The smallest absolute Gasteiger partial charge is 0.151 e. The molecule has 126 valence electrons. The van der Waals surface area contributed by atoms with E-state index in [0.717, 1.165) is 37.7 Å². The van der Waals surface area contributed by atoms with Crippen LogP contribution in [0.3, 0.4) is 0 Å². The second-order valence-corrected chi connectivity index (χ2v) is 7.26. The van der Waals surface area contributed by atoms with Crippen molar-refractivity contribution in [2.45, 2.75) is 38.6 Å². The number of piperidine rings is 1. The molecule has 2 aromatic rings. The first-order valence-corrected chi connectivity index (χ1v) is 9.06. The molecule has 0 atom stereocenters. The molecule has 2 aliphatic rings. The van der Waals surface area contributed by atoms with Crippen LogP contribution < -0.4 is 4.90 Å². The van der Waals surface area contributed by atoms with E-state index in [0.29, 0.717) is 5.41 Å². The van der Waals surface area contributed by atoms with Gasteiger partial charge >= 0.3 is 0 Å². The fourth-order valence-electron chi connectivity index (χ4n) is 4.36. The molecule has 0 saturated carbocycles. The van der Waals surface area contributed by atoms with Gasteiger partial charge in [-0.25, -0.2) is 0 Å². The summed E-state index contributed by atoms with van der Waals surface area (Å²) in [7, 11) is 0. The Morgan fingerprint density at radius 3 is 2.54 bits per heavy atom. The maximum absolute atomic E-state index is 4.38. The lowest BCUT2D eigenvalue weighted by Gasteiger charge is -2.48. The number of anilines is 1. The molecule has 0 radical (unpaired) electrons. The first kappa shape index (κ1) is 15.6. The van der Waals surface area contributed by atoms with Gasteiger partial charge in [-0.2, -0.15) is 5.10 Å². The van der Waals surface area contributed by atoms with Crippen LogP contribution in [0.4, 0.5) is 5.82 Å². The number of hydrogen-bond donors (Lipinski definition) is 0. The van der Waals surface area contributed by atoms with Crippen LogP contribution in [0.5, 0.6) is 0 Å². The van der Waals surface area contributed by atoms with E-state index in [1.807, 2.05) is 6.92 Å². The van der Waals surface area contributed by atoms with Crippen LogP contribution in [0, 0.1) is 6.92 Å². The number of likely N-dealkylation sites (N-methyl/N-ethyl adjacent to an activating group) is 1. The topological polar surface area (TPSA) is 32.3 Å². The Labute approximate surface area is 144 Å². The Kier molecular flexibility index (Phi) is 4.01. The lowest BCUT2D eigenvalue weighted by atomic mass is 9.69. The molecule has 4 rings (SSSR count). The van der Waals surface area contributed by atoms with Gasteiger partial charge in [-0.05, 0) is 49.6 Å². The normalized spacial score (nSPS) is 20.2. The zero-order chi connectivity index (χ0) is 16.6. The van der Waals surface area contributed by atoms with Gasteiger partial charge in [-0.15, -0.1) is 5.10 Å². The van der Waals surface area contributed by atoms with Crippen molar-refractivity contribution in [3.63, 3.8) is 0 Å². The third-order valence-corrected chi connectivity index (χ3v) is 5.78. The monoisotopic (exact) mass is 322 g/mol. The van der Waals surface area contributed by atoms with E-state index in [1.54, 1.807) is 5.56 Å². The molecule has 1 saturated heterocycles. The van der Waals surface area contributed by atoms with Gasteiger partial charge in [0.15, 0.2) is 5.82 Å². The van der Waals surface area contributed by atoms with E-state index in [1.165, 1.54) is 24.9 Å². The van der Waals surface area contributed by atoms with Gasteiger partial charge in [0, 0.05) is 31.6 Å². The summed E-state index contributed by atoms with van der Waals surface area (Å²) >= 11 is 0. The van der Waals surface area contributed by atoms with E-state index in [-0.39, 0.29) is 0 Å². The first-order chi connectivity index (χ1) is 11.7. The third-order valence-electron chi connectivity index (χ3n) is 5.78. The van der Waals surface area contributed by atoms with Gasteiger partial charge < -0.3 is 4.90 Å². The van der Waals surface area contributed by atoms with Gasteiger partial charge in [0.2, 0.25) is 0 Å². The van der Waals surface area contributed by atoms with Crippen LogP contribution in [0.1, 0.15) is 36.6 Å². The average Bonchev–Trinajstić information content (AvgIpc) is 2.63. The second-order valence-electron chi connectivity index (χ2n) is 7.26. The number of benzene rings is 1. The van der Waals surface area contributed by atoms with Gasteiger partial charge in [0.05, 0.1) is 5.69 Å². The highest BCUT2D eigenvalue weighted by Crippen LogP contribution is 2.42. The highest BCUT2D eigenvalue weighted by Gasteiger charge is 2.41. The van der Waals surface area contributed by atoms with Crippen molar-refractivity contribution in [2.24, 2.45) is 0 Å². The third kappa shape index (κ3) is 2.69. The Hall–Kier alpha value is -1.94. The molecule has 1 aromatic carbocycles. The summed E-state index contributed by atoms with van der Waals surface area (Å²) in [5.74, 6) is 1.02. The molecule has 0 unspecified atom stereocenters. The number of aromatic nitrogens is 2. The molecule has 3 heterocycles.